The number of ether oxygens (including phenoxy) is 1. The van der Waals surface area contributed by atoms with Crippen LogP contribution in [0.25, 0.3) is 0 Å². The Kier molecular flexibility index (Phi) is 6.96. The highest BCUT2D eigenvalue weighted by molar-refractivity contribution is 7.92. The van der Waals surface area contributed by atoms with E-state index in [2.05, 4.69) is 14.6 Å². The number of methoxy groups -OCH3 is 1. The number of carbonyl (C=O) groups is 1. The van der Waals surface area contributed by atoms with Gasteiger partial charge in [0.1, 0.15) is 5.75 Å². The number of aliphatic carboxylic acids is 1. The lowest BCUT2D eigenvalue weighted by Crippen LogP contribution is -2.22. The first-order chi connectivity index (χ1) is 14.8. The van der Waals surface area contributed by atoms with Crippen LogP contribution < -0.4 is 9.46 Å². The van der Waals surface area contributed by atoms with Crippen LogP contribution >= 0.6 is 0 Å². The van der Waals surface area contributed by atoms with Gasteiger partial charge in [-0.25, -0.2) is 8.42 Å². The molecule has 1 aliphatic heterocycles. The van der Waals surface area contributed by atoms with Crippen LogP contribution in [0.3, 0.4) is 0 Å². The van der Waals surface area contributed by atoms with Gasteiger partial charge in [-0.05, 0) is 37.1 Å². The molecule has 0 amide bonds. The van der Waals surface area contributed by atoms with Crippen LogP contribution in [0.4, 0.5) is 5.69 Å². The van der Waals surface area contributed by atoms with Gasteiger partial charge in [-0.15, -0.1) is 0 Å². The zero-order valence-electron chi connectivity index (χ0n) is 17.4. The predicted molar refractivity (Wildman–Crippen MR) is 119 cm³/mol. The van der Waals surface area contributed by atoms with E-state index in [-0.39, 0.29) is 11.3 Å². The van der Waals surface area contributed by atoms with Crippen LogP contribution in [-0.2, 0) is 27.8 Å². The van der Waals surface area contributed by atoms with E-state index in [1.165, 1.54) is 12.1 Å². The number of carboxylic acids is 1. The molecule has 2 aromatic carbocycles. The topological polar surface area (TPSA) is 108 Å². The molecule has 0 bridgehead atoms. The van der Waals surface area contributed by atoms with Crippen molar-refractivity contribution in [3.8, 4) is 5.75 Å². The summed E-state index contributed by atoms with van der Waals surface area (Å²) in [6, 6.07) is 11.4. The molecule has 2 N–H and O–H groups in total. The number of benzene rings is 2. The molecule has 0 aromatic heterocycles. The fourth-order valence-electron chi connectivity index (χ4n) is 3.21. The number of nitrogens with one attached hydrogen (secondary N) is 1. The highest BCUT2D eigenvalue weighted by atomic mass is 32.2. The molecule has 1 heterocycles. The first-order valence-corrected chi connectivity index (χ1v) is 11.2. The van der Waals surface area contributed by atoms with E-state index in [1.807, 2.05) is 25.4 Å². The van der Waals surface area contributed by atoms with E-state index >= 15 is 0 Å². The number of rotatable bonds is 9. The van der Waals surface area contributed by atoms with Crippen molar-refractivity contribution in [3.63, 3.8) is 0 Å². The Morgan fingerprint density at radius 1 is 1.23 bits per heavy atom. The fraction of sp³-hybridized carbons (Fsp3) is 0.273. The molecule has 0 unspecified atom stereocenters. The van der Waals surface area contributed by atoms with Gasteiger partial charge in [0.05, 0.1) is 29.9 Å². The monoisotopic (exact) mass is 443 g/mol. The molecular formula is C22H25N3O5S. The van der Waals surface area contributed by atoms with Crippen molar-refractivity contribution in [2.45, 2.75) is 31.2 Å². The summed E-state index contributed by atoms with van der Waals surface area (Å²) >= 11 is 0. The molecule has 8 nitrogen and oxygen atoms in total. The Balaban J connectivity index is 1.72. The number of carboxylic acid groups (broad SMARTS) is 1. The van der Waals surface area contributed by atoms with E-state index in [0.29, 0.717) is 30.9 Å². The van der Waals surface area contributed by atoms with Crippen LogP contribution in [0.5, 0.6) is 5.75 Å². The molecule has 0 saturated carbocycles. The maximum atomic E-state index is 12.7. The van der Waals surface area contributed by atoms with Gasteiger partial charge < -0.3 is 14.7 Å². The first kappa shape index (κ1) is 22.4. The van der Waals surface area contributed by atoms with Crippen molar-refractivity contribution >= 4 is 27.9 Å². The lowest BCUT2D eigenvalue weighted by Gasteiger charge is -2.23. The van der Waals surface area contributed by atoms with E-state index in [4.69, 9.17) is 9.84 Å². The molecule has 0 atom stereocenters. The Morgan fingerprint density at radius 2 is 1.97 bits per heavy atom. The number of allylic oxidation sites excluding steroid dienone is 1. The van der Waals surface area contributed by atoms with E-state index < -0.39 is 16.0 Å². The summed E-state index contributed by atoms with van der Waals surface area (Å²) in [7, 11) is -2.25. The van der Waals surface area contributed by atoms with Gasteiger partial charge in [0.25, 0.3) is 10.0 Å². The second-order valence-corrected chi connectivity index (χ2v) is 8.86. The number of hydrogen-bond acceptors (Lipinski definition) is 6. The highest BCUT2D eigenvalue weighted by Gasteiger charge is 2.16. The lowest BCUT2D eigenvalue weighted by atomic mass is 10.1. The van der Waals surface area contributed by atoms with Gasteiger partial charge in [0, 0.05) is 37.0 Å². The summed E-state index contributed by atoms with van der Waals surface area (Å²) in [6.45, 7) is 3.23. The standard InChI is InChI=1S/C22H25N3O5S/c1-16-14-25(12-11-23-16)15-18-6-7-19(13-21(18)30-2)24-31(28,29)20-8-3-17(4-9-20)5-10-22(26)27/h3-4,6-9,11,13-14,24H,5,10,12,15H2,1-2H3,(H,26,27). The van der Waals surface area contributed by atoms with Gasteiger partial charge in [-0.2, -0.15) is 0 Å². The molecule has 0 aliphatic carbocycles. The molecule has 1 aliphatic rings. The number of anilines is 1. The average Bonchev–Trinajstić information content (AvgIpc) is 2.73. The first-order valence-electron chi connectivity index (χ1n) is 9.72. The summed E-state index contributed by atoms with van der Waals surface area (Å²) in [5, 5.41) is 8.76. The quantitative estimate of drug-likeness (QED) is 0.616. The molecule has 0 saturated heterocycles. The SMILES string of the molecule is COc1cc(NS(=O)(=O)c2ccc(CCC(=O)O)cc2)ccc1CN1C=C(C)N=CC1. The third-order valence-corrected chi connectivity index (χ3v) is 6.15. The zero-order valence-corrected chi connectivity index (χ0v) is 18.2. The minimum absolute atomic E-state index is 0.00389. The van der Waals surface area contributed by atoms with Crippen LogP contribution in [0.15, 0.2) is 64.2 Å². The summed E-state index contributed by atoms with van der Waals surface area (Å²) in [6.07, 6.45) is 4.16. The number of aryl methyl sites for hydroxylation is 1. The molecule has 9 heteroatoms. The fourth-order valence-corrected chi connectivity index (χ4v) is 4.26. The highest BCUT2D eigenvalue weighted by Crippen LogP contribution is 2.27. The van der Waals surface area contributed by atoms with Crippen molar-refractivity contribution in [2.24, 2.45) is 4.99 Å². The summed E-state index contributed by atoms with van der Waals surface area (Å²) in [4.78, 5) is 17.1. The van der Waals surface area contributed by atoms with Gasteiger partial charge in [-0.3, -0.25) is 14.5 Å². The Hall–Kier alpha value is -3.33. The van der Waals surface area contributed by atoms with Crippen molar-refractivity contribution in [3.05, 3.63) is 65.5 Å². The van der Waals surface area contributed by atoms with Crippen molar-refractivity contribution in [1.29, 1.82) is 0 Å². The van der Waals surface area contributed by atoms with Gasteiger partial charge in [-0.1, -0.05) is 18.2 Å². The summed E-state index contributed by atoms with van der Waals surface area (Å²) < 4.78 is 33.5. The smallest absolute Gasteiger partial charge is 0.303 e. The third kappa shape index (κ3) is 6.08. The van der Waals surface area contributed by atoms with Crippen LogP contribution in [0, 0.1) is 0 Å². The Labute approximate surface area is 181 Å². The van der Waals surface area contributed by atoms with Crippen molar-refractivity contribution < 1.29 is 23.1 Å². The number of sulfonamides is 1. The number of nitrogens with zero attached hydrogens (tertiary/aromatic N) is 2. The van der Waals surface area contributed by atoms with E-state index in [0.717, 1.165) is 16.8 Å². The van der Waals surface area contributed by atoms with E-state index in [1.54, 1.807) is 31.4 Å². The largest absolute Gasteiger partial charge is 0.496 e. The molecular weight excluding hydrogens is 418 g/mol. The minimum atomic E-state index is -3.79. The Bertz CT molecular complexity index is 1110. The molecule has 0 spiro atoms. The summed E-state index contributed by atoms with van der Waals surface area (Å²) in [5.74, 6) is -0.312. The van der Waals surface area contributed by atoms with Crippen LogP contribution in [0.1, 0.15) is 24.5 Å². The van der Waals surface area contributed by atoms with Crippen molar-refractivity contribution in [2.75, 3.05) is 18.4 Å². The van der Waals surface area contributed by atoms with Crippen LogP contribution in [-0.4, -0.2) is 44.3 Å². The second kappa shape index (κ2) is 9.65. The maximum absolute atomic E-state index is 12.7. The van der Waals surface area contributed by atoms with Crippen molar-refractivity contribution in [1.82, 2.24) is 4.90 Å². The number of aliphatic imine (C=N–C) groups is 1. The van der Waals surface area contributed by atoms with Gasteiger partial charge in [0.2, 0.25) is 0 Å². The normalized spacial score (nSPS) is 13.6. The average molecular weight is 444 g/mol. The third-order valence-electron chi connectivity index (χ3n) is 4.75. The maximum Gasteiger partial charge on any atom is 0.303 e. The lowest BCUT2D eigenvalue weighted by molar-refractivity contribution is -0.136. The zero-order chi connectivity index (χ0) is 22.4. The summed E-state index contributed by atoms with van der Waals surface area (Å²) in [5.41, 5.74) is 3.00. The molecule has 0 fully saturated rings. The molecule has 0 radical (unpaired) electrons. The van der Waals surface area contributed by atoms with Gasteiger partial charge in [0.15, 0.2) is 0 Å². The molecule has 164 valence electrons. The Morgan fingerprint density at radius 3 is 2.61 bits per heavy atom. The minimum Gasteiger partial charge on any atom is -0.496 e. The molecule has 31 heavy (non-hydrogen) atoms. The second-order valence-electron chi connectivity index (χ2n) is 7.18. The van der Waals surface area contributed by atoms with E-state index in [9.17, 15) is 13.2 Å². The van der Waals surface area contributed by atoms with Gasteiger partial charge >= 0.3 is 5.97 Å². The van der Waals surface area contributed by atoms with Crippen LogP contribution in [0.2, 0.25) is 0 Å². The number of hydrogen-bond donors (Lipinski definition) is 2. The molecule has 3 rings (SSSR count). The molecule has 2 aromatic rings. The predicted octanol–water partition coefficient (Wildman–Crippen LogP) is 3.26.